The van der Waals surface area contributed by atoms with Gasteiger partial charge in [-0.25, -0.2) is 4.79 Å². The minimum absolute atomic E-state index is 0.0513. The molecule has 8 heteroatoms. The van der Waals surface area contributed by atoms with E-state index in [-0.39, 0.29) is 21.8 Å². The number of hydrazone groups is 1. The first kappa shape index (κ1) is 23.4. The third kappa shape index (κ3) is 5.52. The van der Waals surface area contributed by atoms with Crippen molar-refractivity contribution >= 4 is 46.0 Å². The highest BCUT2D eigenvalue weighted by molar-refractivity contribution is 7.80. The van der Waals surface area contributed by atoms with Crippen molar-refractivity contribution in [1.29, 1.82) is 0 Å². The average Bonchev–Trinajstić information content (AvgIpc) is 3.13. The van der Waals surface area contributed by atoms with Crippen molar-refractivity contribution in [2.24, 2.45) is 5.10 Å². The molecule has 0 amide bonds. The molecule has 3 N–H and O–H groups in total. The first-order valence-electron chi connectivity index (χ1n) is 9.90. The fraction of sp³-hybridized carbons (Fsp3) is 0.208. The lowest BCUT2D eigenvalue weighted by Gasteiger charge is -2.19. The van der Waals surface area contributed by atoms with E-state index < -0.39 is 5.97 Å². The highest BCUT2D eigenvalue weighted by atomic mass is 32.1. The van der Waals surface area contributed by atoms with Gasteiger partial charge in [0.15, 0.2) is 5.11 Å². The van der Waals surface area contributed by atoms with Crippen molar-refractivity contribution in [3.05, 3.63) is 70.6 Å². The van der Waals surface area contributed by atoms with E-state index in [0.717, 1.165) is 5.56 Å². The minimum atomic E-state index is -1.02. The normalized spacial score (nSPS) is 11.8. The Hall–Kier alpha value is -3.23. The molecule has 3 rings (SSSR count). The van der Waals surface area contributed by atoms with Crippen molar-refractivity contribution < 1.29 is 15.0 Å². The van der Waals surface area contributed by atoms with Crippen LogP contribution in [0.5, 0.6) is 5.75 Å². The zero-order chi connectivity index (χ0) is 23.5. The molecule has 0 radical (unpaired) electrons. The van der Waals surface area contributed by atoms with Crippen LogP contribution >= 0.6 is 23.6 Å². The first-order valence-corrected chi connectivity index (χ1v) is 11.2. The van der Waals surface area contributed by atoms with Crippen LogP contribution in [0, 0.1) is 0 Å². The van der Waals surface area contributed by atoms with Crippen LogP contribution < -0.4 is 15.8 Å². The van der Waals surface area contributed by atoms with Gasteiger partial charge >= 0.3 is 5.97 Å². The second kappa shape index (κ2) is 9.50. The first-order chi connectivity index (χ1) is 15.1. The molecule has 0 fully saturated rings. The number of aromatic carboxylic acids is 1. The Morgan fingerprint density at radius 1 is 1.16 bits per heavy atom. The Bertz CT molecular complexity index is 1180. The van der Waals surface area contributed by atoms with E-state index in [1.165, 1.54) is 29.0 Å². The van der Waals surface area contributed by atoms with Crippen LogP contribution in [0.4, 0.5) is 5.69 Å². The van der Waals surface area contributed by atoms with Gasteiger partial charge in [0.1, 0.15) is 0 Å². The summed E-state index contributed by atoms with van der Waals surface area (Å²) in [5.41, 5.74) is 6.54. The summed E-state index contributed by atoms with van der Waals surface area (Å²) in [5, 5.41) is 31.1. The summed E-state index contributed by atoms with van der Waals surface area (Å²) in [5.74, 6) is -1.10. The van der Waals surface area contributed by atoms with E-state index >= 15 is 0 Å². The summed E-state index contributed by atoms with van der Waals surface area (Å²) >= 11 is 6.60. The molecule has 6 nitrogen and oxygen atoms in total. The molecular formula is C24H24N3O3S2-. The summed E-state index contributed by atoms with van der Waals surface area (Å²) in [7, 11) is 0. The van der Waals surface area contributed by atoms with E-state index in [2.05, 4.69) is 48.7 Å². The predicted molar refractivity (Wildman–Crippen MR) is 133 cm³/mol. The second-order valence-corrected chi connectivity index (χ2v) is 9.57. The number of carboxylic acids is 1. The molecule has 1 heterocycles. The molecule has 32 heavy (non-hydrogen) atoms. The Labute approximate surface area is 196 Å². The van der Waals surface area contributed by atoms with Crippen molar-refractivity contribution in [3.63, 3.8) is 0 Å². The van der Waals surface area contributed by atoms with Gasteiger partial charge in [-0.15, -0.1) is 11.3 Å². The van der Waals surface area contributed by atoms with Crippen molar-refractivity contribution in [1.82, 2.24) is 5.43 Å². The second-order valence-electron chi connectivity index (χ2n) is 8.28. The highest BCUT2D eigenvalue weighted by Gasteiger charge is 2.14. The van der Waals surface area contributed by atoms with Gasteiger partial charge in [-0.2, -0.15) is 5.10 Å². The van der Waals surface area contributed by atoms with E-state index in [1.54, 1.807) is 24.4 Å². The number of hydrogen-bond acceptors (Lipinski definition) is 5. The maximum Gasteiger partial charge on any atom is 0.335 e. The number of rotatable bonds is 5. The van der Waals surface area contributed by atoms with E-state index in [1.807, 2.05) is 12.1 Å². The lowest BCUT2D eigenvalue weighted by Crippen LogP contribution is -2.25. The van der Waals surface area contributed by atoms with Crippen LogP contribution in [0.25, 0.3) is 10.4 Å². The third-order valence-corrected chi connectivity index (χ3v) is 6.04. The summed E-state index contributed by atoms with van der Waals surface area (Å²) in [6, 6.07) is 14.3. The van der Waals surface area contributed by atoms with Crippen LogP contribution in [-0.2, 0) is 5.41 Å². The predicted octanol–water partition coefficient (Wildman–Crippen LogP) is 5.20. The molecular weight excluding hydrogens is 442 g/mol. The van der Waals surface area contributed by atoms with Gasteiger partial charge in [-0.3, -0.25) is 5.43 Å². The maximum atomic E-state index is 12.9. The van der Waals surface area contributed by atoms with Gasteiger partial charge in [-0.1, -0.05) is 56.9 Å². The van der Waals surface area contributed by atoms with E-state index in [9.17, 15) is 9.90 Å². The van der Waals surface area contributed by atoms with Crippen LogP contribution in [0.3, 0.4) is 0 Å². The number of thiophene rings is 1. The average molecular weight is 467 g/mol. The molecule has 2 aromatic carbocycles. The van der Waals surface area contributed by atoms with Gasteiger partial charge < -0.3 is 15.5 Å². The molecule has 0 bridgehead atoms. The SMILES string of the molecule is C/C(=N\NC(=S)Nc1cccc(C(=O)O)c1)c1csc(-c2ccc(C(C)(C)C)cc2)c1[O-]. The summed E-state index contributed by atoms with van der Waals surface area (Å²) in [6.07, 6.45) is 0. The van der Waals surface area contributed by atoms with E-state index in [4.69, 9.17) is 17.3 Å². The molecule has 166 valence electrons. The van der Waals surface area contributed by atoms with Crippen LogP contribution in [-0.4, -0.2) is 21.9 Å². The topological polar surface area (TPSA) is 96.8 Å². The third-order valence-electron chi connectivity index (χ3n) is 4.84. The van der Waals surface area contributed by atoms with Gasteiger partial charge in [-0.05, 0) is 59.3 Å². The van der Waals surface area contributed by atoms with Crippen molar-refractivity contribution in [2.45, 2.75) is 33.1 Å². The lowest BCUT2D eigenvalue weighted by molar-refractivity contribution is -0.267. The number of carbonyl (C=O) groups is 1. The number of anilines is 1. The number of nitrogens with one attached hydrogen (secondary N) is 2. The Morgan fingerprint density at radius 2 is 1.84 bits per heavy atom. The Balaban J connectivity index is 1.71. The monoisotopic (exact) mass is 466 g/mol. The smallest absolute Gasteiger partial charge is 0.335 e. The van der Waals surface area contributed by atoms with Crippen molar-refractivity contribution in [2.75, 3.05) is 5.32 Å². The molecule has 0 aliphatic carbocycles. The molecule has 0 aliphatic heterocycles. The van der Waals surface area contributed by atoms with Gasteiger partial charge in [0.2, 0.25) is 0 Å². The maximum absolute atomic E-state index is 12.9. The number of thiocarbonyl (C=S) groups is 1. The molecule has 0 saturated heterocycles. The largest absolute Gasteiger partial charge is 0.871 e. The fourth-order valence-electron chi connectivity index (χ4n) is 3.00. The number of benzene rings is 2. The van der Waals surface area contributed by atoms with Crippen LogP contribution in [0.1, 0.15) is 49.2 Å². The van der Waals surface area contributed by atoms with Crippen LogP contribution in [0.2, 0.25) is 0 Å². The molecule has 0 aliphatic rings. The summed E-state index contributed by atoms with van der Waals surface area (Å²) < 4.78 is 0. The van der Waals surface area contributed by atoms with Gasteiger partial charge in [0.05, 0.1) is 11.3 Å². The van der Waals surface area contributed by atoms with E-state index in [0.29, 0.717) is 21.8 Å². The number of hydrogen-bond donors (Lipinski definition) is 3. The van der Waals surface area contributed by atoms with Crippen LogP contribution in [0.15, 0.2) is 59.0 Å². The Morgan fingerprint density at radius 3 is 2.47 bits per heavy atom. The summed E-state index contributed by atoms with van der Waals surface area (Å²) in [6.45, 7) is 8.19. The van der Waals surface area contributed by atoms with Gasteiger partial charge in [0.25, 0.3) is 0 Å². The van der Waals surface area contributed by atoms with Crippen molar-refractivity contribution in [3.8, 4) is 16.2 Å². The quantitative estimate of drug-likeness (QED) is 0.272. The standard InChI is InChI=1S/C24H25N3O3S2/c1-14(26-27-23(31)25-18-7-5-6-16(12-18)22(29)30)19-13-32-21(20(19)28)15-8-10-17(11-9-15)24(2,3)4/h5-13,28H,1-4H3,(H,29,30)(H2,25,27,31)/p-1/b26-14+. The molecule has 0 spiro atoms. The van der Waals surface area contributed by atoms with Gasteiger partial charge in [0, 0.05) is 16.1 Å². The summed E-state index contributed by atoms with van der Waals surface area (Å²) in [4.78, 5) is 11.7. The molecule has 0 atom stereocenters. The number of nitrogens with zero attached hydrogens (tertiary/aromatic N) is 1. The molecule has 1 aromatic heterocycles. The molecule has 0 unspecified atom stereocenters. The zero-order valence-electron chi connectivity index (χ0n) is 18.2. The minimum Gasteiger partial charge on any atom is -0.871 e. The molecule has 3 aromatic rings. The highest BCUT2D eigenvalue weighted by Crippen LogP contribution is 2.37. The molecule has 0 saturated carbocycles. The zero-order valence-corrected chi connectivity index (χ0v) is 19.9. The Kier molecular flexibility index (Phi) is 6.96. The fourth-order valence-corrected chi connectivity index (χ4v) is 4.17. The lowest BCUT2D eigenvalue weighted by atomic mass is 9.86. The number of carboxylic acid groups (broad SMARTS) is 1.